The van der Waals surface area contributed by atoms with E-state index in [1.54, 1.807) is 0 Å². The van der Waals surface area contributed by atoms with Crippen LogP contribution < -0.4 is 10.6 Å². The van der Waals surface area contributed by atoms with Crippen molar-refractivity contribution in [2.75, 3.05) is 5.32 Å². The van der Waals surface area contributed by atoms with Crippen molar-refractivity contribution < 1.29 is 18.0 Å². The molecule has 0 aliphatic heterocycles. The number of anilines is 1. The van der Waals surface area contributed by atoms with E-state index >= 15 is 0 Å². The molecule has 2 N–H and O–H groups in total. The molecule has 1 aromatic carbocycles. The van der Waals surface area contributed by atoms with E-state index in [9.17, 15) is 18.0 Å². The summed E-state index contributed by atoms with van der Waals surface area (Å²) in [5.74, 6) is -0.830. The Bertz CT molecular complexity index is 995. The Morgan fingerprint density at radius 1 is 1.21 bits per heavy atom. The molecule has 1 amide bonds. The number of carbonyl (C=O) groups is 1. The number of benzene rings is 1. The van der Waals surface area contributed by atoms with Gasteiger partial charge in [0, 0.05) is 12.7 Å². The van der Waals surface area contributed by atoms with Crippen molar-refractivity contribution in [1.29, 1.82) is 0 Å². The number of nitrogens with zero attached hydrogens (tertiary/aromatic N) is 2. The van der Waals surface area contributed by atoms with Crippen LogP contribution in [0.3, 0.4) is 0 Å². The van der Waals surface area contributed by atoms with Crippen molar-refractivity contribution in [2.24, 2.45) is 0 Å². The quantitative estimate of drug-likeness (QED) is 0.545. The number of pyridine rings is 1. The summed E-state index contributed by atoms with van der Waals surface area (Å²) in [5.41, 5.74) is 0.0522. The Hall–Kier alpha value is -2.49. The normalized spacial score (nSPS) is 12.6. The minimum absolute atomic E-state index is 0.104. The van der Waals surface area contributed by atoms with Crippen LogP contribution in [0.25, 0.3) is 0 Å². The monoisotopic (exact) mass is 440 g/mol. The van der Waals surface area contributed by atoms with Gasteiger partial charge in [0.25, 0.3) is 5.91 Å². The molecule has 3 rings (SSSR count). The average Bonchev–Trinajstić information content (AvgIpc) is 3.18. The highest BCUT2D eigenvalue weighted by molar-refractivity contribution is 7.13. The van der Waals surface area contributed by atoms with Crippen LogP contribution in [-0.4, -0.2) is 15.9 Å². The van der Waals surface area contributed by atoms with E-state index in [4.69, 9.17) is 11.6 Å². The van der Waals surface area contributed by atoms with Gasteiger partial charge in [-0.3, -0.25) is 4.79 Å². The van der Waals surface area contributed by atoms with Gasteiger partial charge in [0.05, 0.1) is 22.8 Å². The predicted molar refractivity (Wildman–Crippen MR) is 106 cm³/mol. The molecule has 0 saturated heterocycles. The van der Waals surface area contributed by atoms with Crippen LogP contribution in [0.1, 0.15) is 38.8 Å². The van der Waals surface area contributed by atoms with Gasteiger partial charge >= 0.3 is 6.18 Å². The number of nitrogens with one attached hydrogen (secondary N) is 2. The van der Waals surface area contributed by atoms with Gasteiger partial charge in [-0.1, -0.05) is 41.9 Å². The molecule has 0 fully saturated rings. The van der Waals surface area contributed by atoms with Crippen molar-refractivity contribution in [3.63, 3.8) is 0 Å². The predicted octanol–water partition coefficient (Wildman–Crippen LogP) is 5.31. The van der Waals surface area contributed by atoms with Gasteiger partial charge in [-0.2, -0.15) is 13.2 Å². The number of aromatic nitrogens is 2. The summed E-state index contributed by atoms with van der Waals surface area (Å²) >= 11 is 6.69. The van der Waals surface area contributed by atoms with Crippen LogP contribution in [-0.2, 0) is 12.7 Å². The van der Waals surface area contributed by atoms with Gasteiger partial charge in [0.2, 0.25) is 0 Å². The van der Waals surface area contributed by atoms with Gasteiger partial charge < -0.3 is 10.6 Å². The Labute approximate surface area is 174 Å². The molecule has 152 valence electrons. The highest BCUT2D eigenvalue weighted by atomic mass is 35.5. The molecule has 0 radical (unpaired) electrons. The number of amides is 1. The summed E-state index contributed by atoms with van der Waals surface area (Å²) in [7, 11) is 0. The maximum atomic E-state index is 12.9. The maximum absolute atomic E-state index is 12.9. The topological polar surface area (TPSA) is 66.9 Å². The van der Waals surface area contributed by atoms with E-state index in [0.29, 0.717) is 17.6 Å². The maximum Gasteiger partial charge on any atom is 0.418 e. The second-order valence-electron chi connectivity index (χ2n) is 6.15. The average molecular weight is 441 g/mol. The molecular formula is C19H16ClF3N4OS. The first-order chi connectivity index (χ1) is 13.7. The van der Waals surface area contributed by atoms with E-state index in [-0.39, 0.29) is 16.7 Å². The lowest BCUT2D eigenvalue weighted by Crippen LogP contribution is -2.17. The van der Waals surface area contributed by atoms with Gasteiger partial charge in [0.1, 0.15) is 15.7 Å². The number of carbonyl (C=O) groups excluding carboxylic acids is 1. The number of hydrogen-bond acceptors (Lipinski definition) is 5. The van der Waals surface area contributed by atoms with Gasteiger partial charge in [0.15, 0.2) is 0 Å². The first kappa shape index (κ1) is 21.2. The number of alkyl halides is 3. The molecule has 0 spiro atoms. The van der Waals surface area contributed by atoms with Crippen LogP contribution in [0.2, 0.25) is 5.02 Å². The van der Waals surface area contributed by atoms with Crippen LogP contribution in [0, 0.1) is 0 Å². The zero-order chi connectivity index (χ0) is 21.0. The SMILES string of the molecule is CC(NCc1ccccc1)c1ncc(C(=O)Nc2cc(C(F)(F)F)c(Cl)cn2)s1. The minimum atomic E-state index is -4.64. The summed E-state index contributed by atoms with van der Waals surface area (Å²) in [6, 6.07) is 10.4. The largest absolute Gasteiger partial charge is 0.418 e. The molecule has 2 heterocycles. The highest BCUT2D eigenvalue weighted by Crippen LogP contribution is 2.35. The fourth-order valence-corrected chi connectivity index (χ4v) is 3.50. The molecule has 3 aromatic rings. The molecule has 0 bridgehead atoms. The number of hydrogen-bond donors (Lipinski definition) is 2. The Kier molecular flexibility index (Phi) is 6.51. The van der Waals surface area contributed by atoms with Gasteiger partial charge in [-0.05, 0) is 18.6 Å². The Balaban J connectivity index is 1.65. The van der Waals surface area contributed by atoms with Crippen molar-refractivity contribution >= 4 is 34.7 Å². The lowest BCUT2D eigenvalue weighted by molar-refractivity contribution is -0.137. The lowest BCUT2D eigenvalue weighted by atomic mass is 10.2. The van der Waals surface area contributed by atoms with E-state index in [0.717, 1.165) is 23.1 Å². The van der Waals surface area contributed by atoms with Crippen molar-refractivity contribution in [3.05, 3.63) is 74.8 Å². The zero-order valence-electron chi connectivity index (χ0n) is 15.1. The van der Waals surface area contributed by atoms with Gasteiger partial charge in [-0.15, -0.1) is 11.3 Å². The molecule has 1 atom stereocenters. The summed E-state index contributed by atoms with van der Waals surface area (Å²) in [6.45, 7) is 2.55. The number of thiazole rings is 1. The smallest absolute Gasteiger partial charge is 0.306 e. The van der Waals surface area contributed by atoms with E-state index in [1.165, 1.54) is 6.20 Å². The highest BCUT2D eigenvalue weighted by Gasteiger charge is 2.34. The third kappa shape index (κ3) is 5.53. The zero-order valence-corrected chi connectivity index (χ0v) is 16.7. The number of halogens is 4. The molecule has 0 aliphatic rings. The second-order valence-corrected chi connectivity index (χ2v) is 7.62. The fraction of sp³-hybridized carbons (Fsp3) is 0.211. The first-order valence-electron chi connectivity index (χ1n) is 8.51. The van der Waals surface area contributed by atoms with Crippen molar-refractivity contribution in [2.45, 2.75) is 25.7 Å². The minimum Gasteiger partial charge on any atom is -0.306 e. The summed E-state index contributed by atoms with van der Waals surface area (Å²) in [5, 5.41) is 5.81. The van der Waals surface area contributed by atoms with E-state index in [1.807, 2.05) is 37.3 Å². The van der Waals surface area contributed by atoms with E-state index < -0.39 is 22.7 Å². The second kappa shape index (κ2) is 8.89. The Morgan fingerprint density at radius 2 is 1.93 bits per heavy atom. The van der Waals surface area contributed by atoms with Crippen LogP contribution >= 0.6 is 22.9 Å². The molecule has 1 unspecified atom stereocenters. The third-order valence-corrected chi connectivity index (χ3v) is 5.46. The van der Waals surface area contributed by atoms with Crippen molar-refractivity contribution in [3.8, 4) is 0 Å². The standard InChI is InChI=1S/C19H16ClF3N4OS/c1-11(24-8-12-5-3-2-4-6-12)18-26-10-15(29-18)17(28)27-16-7-13(19(21,22)23)14(20)9-25-16/h2-7,9-11,24H,8H2,1H3,(H,25,27,28). The molecular weight excluding hydrogens is 425 g/mol. The molecule has 5 nitrogen and oxygen atoms in total. The van der Waals surface area contributed by atoms with E-state index in [2.05, 4.69) is 20.6 Å². The van der Waals surface area contributed by atoms with Crippen LogP contribution in [0.15, 0.2) is 48.8 Å². The number of rotatable bonds is 6. The molecule has 2 aromatic heterocycles. The lowest BCUT2D eigenvalue weighted by Gasteiger charge is -2.11. The summed E-state index contributed by atoms with van der Waals surface area (Å²) < 4.78 is 38.8. The van der Waals surface area contributed by atoms with Crippen LogP contribution in [0.4, 0.5) is 19.0 Å². The van der Waals surface area contributed by atoms with Crippen LogP contribution in [0.5, 0.6) is 0 Å². The first-order valence-corrected chi connectivity index (χ1v) is 9.70. The summed E-state index contributed by atoms with van der Waals surface area (Å²) in [4.78, 5) is 20.6. The molecule has 29 heavy (non-hydrogen) atoms. The Morgan fingerprint density at radius 3 is 2.62 bits per heavy atom. The van der Waals surface area contributed by atoms with Crippen molar-refractivity contribution in [1.82, 2.24) is 15.3 Å². The summed E-state index contributed by atoms with van der Waals surface area (Å²) in [6.07, 6.45) is -2.40. The third-order valence-electron chi connectivity index (χ3n) is 3.98. The molecule has 10 heteroatoms. The molecule has 0 saturated carbocycles. The fourth-order valence-electron chi connectivity index (χ4n) is 2.45. The van der Waals surface area contributed by atoms with Gasteiger partial charge in [-0.25, -0.2) is 9.97 Å². The molecule has 0 aliphatic carbocycles.